The minimum atomic E-state index is -4.36. The zero-order valence-electron chi connectivity index (χ0n) is 9.95. The highest BCUT2D eigenvalue weighted by Crippen LogP contribution is 2.38. The number of thiophene rings is 1. The van der Waals surface area contributed by atoms with Gasteiger partial charge >= 0.3 is 6.18 Å². The molecule has 0 spiro atoms. The van der Waals surface area contributed by atoms with E-state index in [0.717, 1.165) is 6.07 Å². The van der Waals surface area contributed by atoms with Crippen LogP contribution in [-0.2, 0) is 6.18 Å². The quantitative estimate of drug-likeness (QED) is 0.753. The first kappa shape index (κ1) is 13.1. The maximum absolute atomic E-state index is 13.1. The molecule has 0 N–H and O–H groups in total. The van der Waals surface area contributed by atoms with Crippen molar-refractivity contribution in [2.45, 2.75) is 25.9 Å². The lowest BCUT2D eigenvalue weighted by Crippen LogP contribution is -2.09. The fourth-order valence-corrected chi connectivity index (χ4v) is 2.33. The second-order valence-electron chi connectivity index (χ2n) is 4.32. The van der Waals surface area contributed by atoms with Gasteiger partial charge in [-0.05, 0) is 34.4 Å². The van der Waals surface area contributed by atoms with E-state index in [1.165, 1.54) is 17.5 Å². The van der Waals surface area contributed by atoms with Gasteiger partial charge in [0, 0.05) is 17.5 Å². The summed E-state index contributed by atoms with van der Waals surface area (Å²) in [5, 5.41) is 3.45. The fourth-order valence-electron chi connectivity index (χ4n) is 1.67. The third-order valence-electron chi connectivity index (χ3n) is 2.65. The zero-order chi connectivity index (χ0) is 13.3. The lowest BCUT2D eigenvalue weighted by atomic mass is 10.0. The second kappa shape index (κ2) is 4.72. The van der Waals surface area contributed by atoms with E-state index in [0.29, 0.717) is 11.3 Å². The van der Waals surface area contributed by atoms with E-state index < -0.39 is 11.7 Å². The molecule has 5 heteroatoms. The average molecular weight is 271 g/mol. The molecule has 0 aliphatic heterocycles. The van der Waals surface area contributed by atoms with Crippen molar-refractivity contribution < 1.29 is 13.2 Å². The molecule has 2 heterocycles. The van der Waals surface area contributed by atoms with Gasteiger partial charge in [-0.1, -0.05) is 13.8 Å². The van der Waals surface area contributed by atoms with Crippen molar-refractivity contribution in [1.29, 1.82) is 0 Å². The molecule has 18 heavy (non-hydrogen) atoms. The number of alkyl halides is 3. The minimum absolute atomic E-state index is 0.0253. The molecule has 1 nitrogen and oxygen atoms in total. The van der Waals surface area contributed by atoms with Crippen LogP contribution in [0.5, 0.6) is 0 Å². The first-order valence-electron chi connectivity index (χ1n) is 5.49. The first-order valence-corrected chi connectivity index (χ1v) is 6.43. The largest absolute Gasteiger partial charge is 0.417 e. The summed E-state index contributed by atoms with van der Waals surface area (Å²) < 4.78 is 39.2. The van der Waals surface area contributed by atoms with Crippen LogP contribution in [0, 0.1) is 0 Å². The summed E-state index contributed by atoms with van der Waals surface area (Å²) in [7, 11) is 0. The molecule has 2 rings (SSSR count). The van der Waals surface area contributed by atoms with Crippen LogP contribution in [0.3, 0.4) is 0 Å². The summed E-state index contributed by atoms with van der Waals surface area (Å²) in [6.45, 7) is 3.65. The molecule has 0 amide bonds. The molecule has 0 unspecified atom stereocenters. The van der Waals surface area contributed by atoms with Crippen molar-refractivity contribution in [3.63, 3.8) is 0 Å². The second-order valence-corrected chi connectivity index (χ2v) is 5.10. The van der Waals surface area contributed by atoms with E-state index in [1.807, 2.05) is 13.8 Å². The summed E-state index contributed by atoms with van der Waals surface area (Å²) >= 11 is 1.37. The molecule has 0 aromatic carbocycles. The van der Waals surface area contributed by atoms with E-state index in [1.54, 1.807) is 16.8 Å². The van der Waals surface area contributed by atoms with Gasteiger partial charge in [0.05, 0.1) is 5.56 Å². The number of rotatable bonds is 2. The Bertz CT molecular complexity index is 530. The third kappa shape index (κ3) is 2.56. The Morgan fingerprint density at radius 2 is 2.00 bits per heavy atom. The van der Waals surface area contributed by atoms with Crippen molar-refractivity contribution >= 4 is 11.3 Å². The Kier molecular flexibility index (Phi) is 3.43. The van der Waals surface area contributed by atoms with Gasteiger partial charge in [-0.3, -0.25) is 4.98 Å². The van der Waals surface area contributed by atoms with Crippen LogP contribution >= 0.6 is 11.3 Å². The lowest BCUT2D eigenvalue weighted by molar-refractivity contribution is -0.137. The van der Waals surface area contributed by atoms with Crippen LogP contribution in [0.25, 0.3) is 11.1 Å². The Labute approximate surface area is 107 Å². The van der Waals surface area contributed by atoms with Crippen LogP contribution < -0.4 is 0 Å². The number of nitrogens with zero attached hydrogens (tertiary/aromatic N) is 1. The highest BCUT2D eigenvalue weighted by atomic mass is 32.1. The molecule has 2 aromatic rings. The lowest BCUT2D eigenvalue weighted by Gasteiger charge is -2.14. The van der Waals surface area contributed by atoms with Crippen LogP contribution in [0.4, 0.5) is 13.2 Å². The summed E-state index contributed by atoms with van der Waals surface area (Å²) in [5.74, 6) is -0.0253. The molecule has 0 saturated heterocycles. The van der Waals surface area contributed by atoms with Gasteiger partial charge in [-0.2, -0.15) is 24.5 Å². The summed E-state index contributed by atoms with van der Waals surface area (Å²) in [6, 6.07) is 2.82. The van der Waals surface area contributed by atoms with Gasteiger partial charge in [-0.15, -0.1) is 0 Å². The van der Waals surface area contributed by atoms with Gasteiger partial charge < -0.3 is 0 Å². The molecule has 0 aliphatic carbocycles. The van der Waals surface area contributed by atoms with E-state index in [-0.39, 0.29) is 11.5 Å². The smallest absolute Gasteiger partial charge is 0.260 e. The third-order valence-corrected chi connectivity index (χ3v) is 3.34. The van der Waals surface area contributed by atoms with Crippen molar-refractivity contribution in [3.8, 4) is 11.1 Å². The summed E-state index contributed by atoms with van der Waals surface area (Å²) in [4.78, 5) is 4.11. The Morgan fingerprint density at radius 3 is 2.50 bits per heavy atom. The highest BCUT2D eigenvalue weighted by Gasteiger charge is 2.34. The molecule has 0 bridgehead atoms. The molecular formula is C13H12F3NS. The molecule has 2 aromatic heterocycles. The maximum Gasteiger partial charge on any atom is 0.417 e. The number of hydrogen-bond acceptors (Lipinski definition) is 2. The Morgan fingerprint density at radius 1 is 1.28 bits per heavy atom. The molecular weight excluding hydrogens is 259 g/mol. The molecule has 96 valence electrons. The standard InChI is InChI=1S/C13H12F3NS/c1-8(2)12-5-11(13(14,15)16)10(6-17-12)9-3-4-18-7-9/h3-8H,1-2H3. The highest BCUT2D eigenvalue weighted by molar-refractivity contribution is 7.08. The van der Waals surface area contributed by atoms with Crippen molar-refractivity contribution in [3.05, 3.63) is 40.3 Å². The van der Waals surface area contributed by atoms with E-state index in [9.17, 15) is 13.2 Å². The van der Waals surface area contributed by atoms with E-state index in [4.69, 9.17) is 0 Å². The summed E-state index contributed by atoms with van der Waals surface area (Å²) in [5.41, 5.74) is 0.559. The molecule has 0 saturated carbocycles. The van der Waals surface area contributed by atoms with Gasteiger partial charge in [0.1, 0.15) is 0 Å². The number of aromatic nitrogens is 1. The molecule has 0 atom stereocenters. The number of halogens is 3. The van der Waals surface area contributed by atoms with E-state index in [2.05, 4.69) is 4.98 Å². The Balaban J connectivity index is 2.60. The van der Waals surface area contributed by atoms with Crippen molar-refractivity contribution in [2.75, 3.05) is 0 Å². The average Bonchev–Trinajstić information content (AvgIpc) is 2.80. The minimum Gasteiger partial charge on any atom is -0.260 e. The topological polar surface area (TPSA) is 12.9 Å². The predicted octanol–water partition coefficient (Wildman–Crippen LogP) is 4.95. The monoisotopic (exact) mass is 271 g/mol. The number of pyridine rings is 1. The SMILES string of the molecule is CC(C)c1cc(C(F)(F)F)c(-c2ccsc2)cn1. The van der Waals surface area contributed by atoms with Gasteiger partial charge in [-0.25, -0.2) is 0 Å². The molecule has 0 radical (unpaired) electrons. The fraction of sp³-hybridized carbons (Fsp3) is 0.308. The van der Waals surface area contributed by atoms with Gasteiger partial charge in [0.25, 0.3) is 0 Å². The normalized spacial score (nSPS) is 12.1. The van der Waals surface area contributed by atoms with Crippen molar-refractivity contribution in [1.82, 2.24) is 4.98 Å². The molecule has 0 aliphatic rings. The zero-order valence-corrected chi connectivity index (χ0v) is 10.8. The first-order chi connectivity index (χ1) is 8.39. The van der Waals surface area contributed by atoms with Crippen LogP contribution in [0.15, 0.2) is 29.1 Å². The predicted molar refractivity (Wildman–Crippen MR) is 66.6 cm³/mol. The Hall–Kier alpha value is -1.36. The maximum atomic E-state index is 13.1. The van der Waals surface area contributed by atoms with Crippen LogP contribution in [0.2, 0.25) is 0 Å². The molecule has 0 fully saturated rings. The van der Waals surface area contributed by atoms with Gasteiger partial charge in [0.15, 0.2) is 0 Å². The van der Waals surface area contributed by atoms with E-state index >= 15 is 0 Å². The number of hydrogen-bond donors (Lipinski definition) is 0. The van der Waals surface area contributed by atoms with Crippen LogP contribution in [-0.4, -0.2) is 4.98 Å². The van der Waals surface area contributed by atoms with Gasteiger partial charge in [0.2, 0.25) is 0 Å². The van der Waals surface area contributed by atoms with Crippen molar-refractivity contribution in [2.24, 2.45) is 0 Å². The van der Waals surface area contributed by atoms with Crippen LogP contribution in [0.1, 0.15) is 31.0 Å². The summed E-state index contributed by atoms with van der Waals surface area (Å²) in [6.07, 6.45) is -3.04.